The average molecular weight is 479 g/mol. The van der Waals surface area contributed by atoms with Crippen LogP contribution >= 0.6 is 47.8 Å². The van der Waals surface area contributed by atoms with E-state index in [0.717, 1.165) is 42.5 Å². The summed E-state index contributed by atoms with van der Waals surface area (Å²) in [4.78, 5) is 0. The molecular weight excluding hydrogens is 464 g/mol. The van der Waals surface area contributed by atoms with Gasteiger partial charge in [0.1, 0.15) is 18.1 Å². The highest BCUT2D eigenvalue weighted by atomic mass is 79.9. The van der Waals surface area contributed by atoms with Gasteiger partial charge in [0.15, 0.2) is 0 Å². The lowest BCUT2D eigenvalue weighted by Crippen LogP contribution is -2.00. The first-order valence-electron chi connectivity index (χ1n) is 6.35. The zero-order chi connectivity index (χ0) is 15.4. The molecule has 0 atom stereocenters. The summed E-state index contributed by atoms with van der Waals surface area (Å²) in [5.74, 6) is 1.75. The van der Waals surface area contributed by atoms with E-state index in [1.165, 1.54) is 0 Å². The summed E-state index contributed by atoms with van der Waals surface area (Å²) in [7, 11) is 1.66. The van der Waals surface area contributed by atoms with Crippen molar-refractivity contribution in [1.82, 2.24) is 0 Å². The second kappa shape index (κ2) is 7.65. The molecule has 2 aromatic rings. The van der Waals surface area contributed by atoms with Crippen LogP contribution in [0, 0.1) is 6.92 Å². The van der Waals surface area contributed by atoms with Gasteiger partial charge in [-0.1, -0.05) is 37.9 Å². The minimum absolute atomic E-state index is 0.519. The fourth-order valence-corrected chi connectivity index (χ4v) is 3.68. The number of halogens is 3. The number of rotatable bonds is 5. The van der Waals surface area contributed by atoms with Crippen LogP contribution in [0.4, 0.5) is 0 Å². The molecule has 21 heavy (non-hydrogen) atoms. The van der Waals surface area contributed by atoms with Gasteiger partial charge >= 0.3 is 0 Å². The van der Waals surface area contributed by atoms with E-state index in [1.54, 1.807) is 7.11 Å². The molecule has 0 saturated carbocycles. The van der Waals surface area contributed by atoms with Crippen LogP contribution in [0.5, 0.6) is 11.5 Å². The van der Waals surface area contributed by atoms with Gasteiger partial charge < -0.3 is 9.47 Å². The van der Waals surface area contributed by atoms with Crippen LogP contribution in [0.2, 0.25) is 0 Å². The fourth-order valence-electron chi connectivity index (χ4n) is 2.06. The highest BCUT2D eigenvalue weighted by molar-refractivity contribution is 9.11. The van der Waals surface area contributed by atoms with E-state index in [2.05, 4.69) is 66.8 Å². The van der Waals surface area contributed by atoms with Crippen LogP contribution in [0.25, 0.3) is 0 Å². The lowest BCUT2D eigenvalue weighted by Gasteiger charge is -2.14. The van der Waals surface area contributed by atoms with Crippen molar-refractivity contribution in [2.24, 2.45) is 0 Å². The second-order valence-electron chi connectivity index (χ2n) is 4.60. The molecular formula is C16H15Br3O2. The Morgan fingerprint density at radius 2 is 1.86 bits per heavy atom. The number of methoxy groups -OCH3 is 1. The predicted molar refractivity (Wildman–Crippen MR) is 96.5 cm³/mol. The van der Waals surface area contributed by atoms with Crippen LogP contribution in [-0.4, -0.2) is 7.11 Å². The van der Waals surface area contributed by atoms with E-state index >= 15 is 0 Å². The Labute approximate surface area is 150 Å². The SMILES string of the molecule is COc1ccc(COc2c(C)cc(Br)cc2CBr)cc1Br. The Morgan fingerprint density at radius 1 is 1.10 bits per heavy atom. The van der Waals surface area contributed by atoms with Gasteiger partial charge in [-0.25, -0.2) is 0 Å². The highest BCUT2D eigenvalue weighted by Gasteiger charge is 2.09. The standard InChI is InChI=1S/C16H15Br3O2/c1-10-5-13(18)7-12(8-17)16(10)21-9-11-3-4-15(20-2)14(19)6-11/h3-7H,8-9H2,1-2H3. The van der Waals surface area contributed by atoms with Crippen LogP contribution in [0.3, 0.4) is 0 Å². The van der Waals surface area contributed by atoms with Crippen LogP contribution in [0.15, 0.2) is 39.3 Å². The summed E-state index contributed by atoms with van der Waals surface area (Å²) < 4.78 is 13.2. The first kappa shape index (κ1) is 16.8. The number of ether oxygens (including phenoxy) is 2. The van der Waals surface area contributed by atoms with Crippen LogP contribution in [0.1, 0.15) is 16.7 Å². The van der Waals surface area contributed by atoms with Gasteiger partial charge in [0.05, 0.1) is 11.6 Å². The molecule has 2 nitrogen and oxygen atoms in total. The number of benzene rings is 2. The molecule has 0 aliphatic heterocycles. The van der Waals surface area contributed by atoms with Gasteiger partial charge in [0, 0.05) is 15.4 Å². The molecule has 0 aromatic heterocycles. The van der Waals surface area contributed by atoms with Gasteiger partial charge in [0.2, 0.25) is 0 Å². The molecule has 5 heteroatoms. The molecule has 0 N–H and O–H groups in total. The molecule has 0 spiro atoms. The Morgan fingerprint density at radius 3 is 2.48 bits per heavy atom. The third-order valence-electron chi connectivity index (χ3n) is 3.06. The van der Waals surface area contributed by atoms with Crippen LogP contribution in [-0.2, 0) is 11.9 Å². The quantitative estimate of drug-likeness (QED) is 0.490. The van der Waals surface area contributed by atoms with Crippen molar-refractivity contribution >= 4 is 47.8 Å². The molecule has 0 heterocycles. The Bertz CT molecular complexity index is 642. The van der Waals surface area contributed by atoms with Gasteiger partial charge in [-0.05, 0) is 58.2 Å². The maximum atomic E-state index is 6.02. The monoisotopic (exact) mass is 476 g/mol. The number of hydrogen-bond acceptors (Lipinski definition) is 2. The molecule has 0 fully saturated rings. The molecule has 0 unspecified atom stereocenters. The average Bonchev–Trinajstić information content (AvgIpc) is 2.45. The minimum atomic E-state index is 0.519. The molecule has 0 amide bonds. The fraction of sp³-hybridized carbons (Fsp3) is 0.250. The predicted octanol–water partition coefficient (Wildman–Crippen LogP) is 6.00. The van der Waals surface area contributed by atoms with E-state index in [-0.39, 0.29) is 0 Å². The molecule has 2 aromatic carbocycles. The van der Waals surface area contributed by atoms with Crippen molar-refractivity contribution in [2.75, 3.05) is 7.11 Å². The summed E-state index contributed by atoms with van der Waals surface area (Å²) in [6.07, 6.45) is 0. The minimum Gasteiger partial charge on any atom is -0.496 e. The third-order valence-corrected chi connectivity index (χ3v) is 4.74. The van der Waals surface area contributed by atoms with E-state index in [4.69, 9.17) is 9.47 Å². The molecule has 0 radical (unpaired) electrons. The first-order valence-corrected chi connectivity index (χ1v) is 9.06. The van der Waals surface area contributed by atoms with Gasteiger partial charge in [-0.2, -0.15) is 0 Å². The Kier molecular flexibility index (Phi) is 6.14. The molecule has 2 rings (SSSR count). The topological polar surface area (TPSA) is 18.5 Å². The van der Waals surface area contributed by atoms with E-state index < -0.39 is 0 Å². The normalized spacial score (nSPS) is 10.5. The maximum Gasteiger partial charge on any atom is 0.133 e. The van der Waals surface area contributed by atoms with Crippen molar-refractivity contribution in [2.45, 2.75) is 18.9 Å². The molecule has 0 aliphatic carbocycles. The number of hydrogen-bond donors (Lipinski definition) is 0. The number of alkyl halides is 1. The van der Waals surface area contributed by atoms with Crippen molar-refractivity contribution in [1.29, 1.82) is 0 Å². The largest absolute Gasteiger partial charge is 0.496 e. The van der Waals surface area contributed by atoms with Gasteiger partial charge in [-0.3, -0.25) is 0 Å². The lowest BCUT2D eigenvalue weighted by molar-refractivity contribution is 0.301. The van der Waals surface area contributed by atoms with E-state index in [1.807, 2.05) is 18.2 Å². The van der Waals surface area contributed by atoms with Crippen molar-refractivity contribution in [3.05, 3.63) is 56.0 Å². The summed E-state index contributed by atoms with van der Waals surface area (Å²) in [5.41, 5.74) is 3.34. The zero-order valence-corrected chi connectivity index (χ0v) is 16.5. The van der Waals surface area contributed by atoms with E-state index in [9.17, 15) is 0 Å². The Hall–Kier alpha value is -0.520. The van der Waals surface area contributed by atoms with E-state index in [0.29, 0.717) is 6.61 Å². The Balaban J connectivity index is 2.18. The third kappa shape index (κ3) is 4.24. The lowest BCUT2D eigenvalue weighted by atomic mass is 10.1. The highest BCUT2D eigenvalue weighted by Crippen LogP contribution is 2.31. The first-order chi connectivity index (χ1) is 10.0. The molecule has 112 valence electrons. The van der Waals surface area contributed by atoms with Crippen molar-refractivity contribution in [3.8, 4) is 11.5 Å². The molecule has 0 saturated heterocycles. The number of aryl methyl sites for hydroxylation is 1. The van der Waals surface area contributed by atoms with Gasteiger partial charge in [0.25, 0.3) is 0 Å². The molecule has 0 bridgehead atoms. The van der Waals surface area contributed by atoms with Gasteiger partial charge in [-0.15, -0.1) is 0 Å². The summed E-state index contributed by atoms with van der Waals surface area (Å²) in [6.45, 7) is 2.57. The maximum absolute atomic E-state index is 6.02. The van der Waals surface area contributed by atoms with Crippen molar-refractivity contribution in [3.63, 3.8) is 0 Å². The molecule has 0 aliphatic rings. The summed E-state index contributed by atoms with van der Waals surface area (Å²) >= 11 is 10.5. The second-order valence-corrected chi connectivity index (χ2v) is 6.93. The summed E-state index contributed by atoms with van der Waals surface area (Å²) in [5, 5.41) is 0.759. The smallest absolute Gasteiger partial charge is 0.133 e. The van der Waals surface area contributed by atoms with Crippen molar-refractivity contribution < 1.29 is 9.47 Å². The zero-order valence-electron chi connectivity index (χ0n) is 11.8. The summed E-state index contributed by atoms with van der Waals surface area (Å²) in [6, 6.07) is 10.1. The van der Waals surface area contributed by atoms with Crippen LogP contribution < -0.4 is 9.47 Å².